The third-order valence-corrected chi connectivity index (χ3v) is 5.15. The van der Waals surface area contributed by atoms with Gasteiger partial charge in [0.15, 0.2) is 0 Å². The number of anilines is 2. The molecule has 1 fully saturated rings. The fourth-order valence-corrected chi connectivity index (χ4v) is 3.29. The molecule has 1 aliphatic heterocycles. The van der Waals surface area contributed by atoms with Crippen LogP contribution in [0.15, 0.2) is 30.3 Å². The van der Waals surface area contributed by atoms with E-state index in [1.54, 1.807) is 6.07 Å². The first kappa shape index (κ1) is 19.3. The van der Waals surface area contributed by atoms with Crippen molar-refractivity contribution in [3.63, 3.8) is 0 Å². The number of aromatic nitrogens is 2. The number of benzene rings is 1. The standard InChI is InChI=1S/C22H30N4O/c1-15-10-12-26(13-11-15)20(27)19-14-16(2)23-21(25-19)24-18-8-6-17(7-9-18)22(3,4)5/h6-9,14-15H,10-13H2,1-5H3,(H,23,24,25). The molecule has 2 aromatic rings. The van der Waals surface area contributed by atoms with E-state index in [0.29, 0.717) is 17.6 Å². The maximum atomic E-state index is 12.8. The van der Waals surface area contributed by atoms with Crippen LogP contribution in [0, 0.1) is 12.8 Å². The minimum atomic E-state index is -0.00136. The smallest absolute Gasteiger partial charge is 0.272 e. The van der Waals surface area contributed by atoms with E-state index in [1.165, 1.54) is 5.56 Å². The number of aryl methyl sites for hydroxylation is 1. The second-order valence-electron chi connectivity index (χ2n) is 8.65. The largest absolute Gasteiger partial charge is 0.337 e. The molecule has 5 heteroatoms. The van der Waals surface area contributed by atoms with Crippen molar-refractivity contribution in [1.29, 1.82) is 0 Å². The van der Waals surface area contributed by atoms with Crippen LogP contribution in [0.5, 0.6) is 0 Å². The Morgan fingerprint density at radius 3 is 2.33 bits per heavy atom. The first-order chi connectivity index (χ1) is 12.7. The molecule has 1 aromatic heterocycles. The van der Waals surface area contributed by atoms with Gasteiger partial charge in [-0.05, 0) is 54.9 Å². The SMILES string of the molecule is Cc1cc(C(=O)N2CCC(C)CC2)nc(Nc2ccc(C(C)(C)C)cc2)n1. The summed E-state index contributed by atoms with van der Waals surface area (Å²) in [5, 5.41) is 3.24. The van der Waals surface area contributed by atoms with Crippen LogP contribution in [-0.4, -0.2) is 33.9 Å². The van der Waals surface area contributed by atoms with Crippen molar-refractivity contribution in [3.8, 4) is 0 Å². The molecule has 1 amide bonds. The molecule has 0 radical (unpaired) electrons. The summed E-state index contributed by atoms with van der Waals surface area (Å²) in [4.78, 5) is 23.7. The van der Waals surface area contributed by atoms with E-state index in [1.807, 2.05) is 24.0 Å². The van der Waals surface area contributed by atoms with E-state index in [9.17, 15) is 4.79 Å². The van der Waals surface area contributed by atoms with Gasteiger partial charge in [-0.25, -0.2) is 9.97 Å². The molecule has 3 rings (SSSR count). The highest BCUT2D eigenvalue weighted by Crippen LogP contribution is 2.24. The third-order valence-electron chi connectivity index (χ3n) is 5.15. The van der Waals surface area contributed by atoms with Crippen LogP contribution in [0.3, 0.4) is 0 Å². The molecule has 0 atom stereocenters. The van der Waals surface area contributed by atoms with Crippen LogP contribution >= 0.6 is 0 Å². The van der Waals surface area contributed by atoms with Crippen molar-refractivity contribution >= 4 is 17.5 Å². The first-order valence-corrected chi connectivity index (χ1v) is 9.75. The van der Waals surface area contributed by atoms with Gasteiger partial charge >= 0.3 is 0 Å². The predicted octanol–water partition coefficient (Wildman–Crippen LogP) is 4.70. The Morgan fingerprint density at radius 2 is 1.74 bits per heavy atom. The zero-order chi connectivity index (χ0) is 19.6. The average Bonchev–Trinajstić information content (AvgIpc) is 2.61. The molecule has 0 saturated carbocycles. The van der Waals surface area contributed by atoms with Crippen LogP contribution in [0.2, 0.25) is 0 Å². The van der Waals surface area contributed by atoms with E-state index in [2.05, 4.69) is 55.1 Å². The molecular formula is C22H30N4O. The molecule has 0 spiro atoms. The third kappa shape index (κ3) is 4.85. The highest BCUT2D eigenvalue weighted by Gasteiger charge is 2.23. The quantitative estimate of drug-likeness (QED) is 0.855. The summed E-state index contributed by atoms with van der Waals surface area (Å²) in [6.07, 6.45) is 2.11. The summed E-state index contributed by atoms with van der Waals surface area (Å²) in [7, 11) is 0. The maximum Gasteiger partial charge on any atom is 0.272 e. The Labute approximate surface area is 162 Å². The normalized spacial score (nSPS) is 15.7. The lowest BCUT2D eigenvalue weighted by atomic mass is 9.87. The number of amides is 1. The Bertz CT molecular complexity index is 800. The number of nitrogens with one attached hydrogen (secondary N) is 1. The number of carbonyl (C=O) groups is 1. The molecule has 1 N–H and O–H groups in total. The molecule has 144 valence electrons. The van der Waals surface area contributed by atoms with Crippen molar-refractivity contribution in [2.24, 2.45) is 5.92 Å². The van der Waals surface area contributed by atoms with E-state index in [4.69, 9.17) is 0 Å². The van der Waals surface area contributed by atoms with Crippen molar-refractivity contribution in [3.05, 3.63) is 47.3 Å². The van der Waals surface area contributed by atoms with Crippen LogP contribution < -0.4 is 5.32 Å². The van der Waals surface area contributed by atoms with Gasteiger partial charge in [-0.1, -0.05) is 39.8 Å². The van der Waals surface area contributed by atoms with Gasteiger partial charge in [0.25, 0.3) is 5.91 Å². The number of hydrogen-bond acceptors (Lipinski definition) is 4. The van der Waals surface area contributed by atoms with E-state index < -0.39 is 0 Å². The van der Waals surface area contributed by atoms with Gasteiger partial charge in [-0.2, -0.15) is 0 Å². The monoisotopic (exact) mass is 366 g/mol. The molecule has 27 heavy (non-hydrogen) atoms. The van der Waals surface area contributed by atoms with Gasteiger partial charge in [-0.3, -0.25) is 4.79 Å². The summed E-state index contributed by atoms with van der Waals surface area (Å²) in [6, 6.07) is 10.0. The lowest BCUT2D eigenvalue weighted by Crippen LogP contribution is -2.38. The second-order valence-corrected chi connectivity index (χ2v) is 8.65. The summed E-state index contributed by atoms with van der Waals surface area (Å²) in [5.41, 5.74) is 3.55. The average molecular weight is 367 g/mol. The second kappa shape index (κ2) is 7.67. The van der Waals surface area contributed by atoms with Crippen molar-refractivity contribution in [2.45, 2.75) is 52.9 Å². The Hall–Kier alpha value is -2.43. The Morgan fingerprint density at radius 1 is 1.11 bits per heavy atom. The van der Waals surface area contributed by atoms with Gasteiger partial charge in [-0.15, -0.1) is 0 Å². The number of nitrogens with zero attached hydrogens (tertiary/aromatic N) is 3. The zero-order valence-corrected chi connectivity index (χ0v) is 17.0. The summed E-state index contributed by atoms with van der Waals surface area (Å²) in [5.74, 6) is 1.15. The fourth-order valence-electron chi connectivity index (χ4n) is 3.29. The predicted molar refractivity (Wildman–Crippen MR) is 109 cm³/mol. The van der Waals surface area contributed by atoms with Crippen LogP contribution in [0.4, 0.5) is 11.6 Å². The van der Waals surface area contributed by atoms with Crippen molar-refractivity contribution < 1.29 is 4.79 Å². The molecule has 0 unspecified atom stereocenters. The lowest BCUT2D eigenvalue weighted by molar-refractivity contribution is 0.0691. The lowest BCUT2D eigenvalue weighted by Gasteiger charge is -2.30. The number of likely N-dealkylation sites (tertiary alicyclic amines) is 1. The molecule has 1 aromatic carbocycles. The zero-order valence-electron chi connectivity index (χ0n) is 17.0. The van der Waals surface area contributed by atoms with Gasteiger partial charge in [0.2, 0.25) is 5.95 Å². The molecule has 1 saturated heterocycles. The number of carbonyl (C=O) groups excluding carboxylic acids is 1. The van der Waals surface area contributed by atoms with E-state index >= 15 is 0 Å². The Balaban J connectivity index is 1.76. The van der Waals surface area contributed by atoms with Crippen molar-refractivity contribution in [2.75, 3.05) is 18.4 Å². The minimum absolute atomic E-state index is 0.00136. The van der Waals surface area contributed by atoms with Crippen LogP contribution in [0.1, 0.15) is 62.3 Å². The van der Waals surface area contributed by atoms with Gasteiger partial charge < -0.3 is 10.2 Å². The Kier molecular flexibility index (Phi) is 5.49. The molecule has 0 bridgehead atoms. The topological polar surface area (TPSA) is 58.1 Å². The summed E-state index contributed by atoms with van der Waals surface area (Å²) in [6.45, 7) is 12.3. The molecule has 2 heterocycles. The van der Waals surface area contributed by atoms with E-state index in [-0.39, 0.29) is 11.3 Å². The highest BCUT2D eigenvalue weighted by atomic mass is 16.2. The molecule has 5 nitrogen and oxygen atoms in total. The van der Waals surface area contributed by atoms with Gasteiger partial charge in [0.1, 0.15) is 5.69 Å². The first-order valence-electron chi connectivity index (χ1n) is 9.75. The maximum absolute atomic E-state index is 12.8. The summed E-state index contributed by atoms with van der Waals surface area (Å²) >= 11 is 0. The van der Waals surface area contributed by atoms with Crippen LogP contribution in [0.25, 0.3) is 0 Å². The van der Waals surface area contributed by atoms with Crippen molar-refractivity contribution in [1.82, 2.24) is 14.9 Å². The number of piperidine rings is 1. The molecule has 0 aliphatic carbocycles. The van der Waals surface area contributed by atoms with Gasteiger partial charge in [0, 0.05) is 24.5 Å². The highest BCUT2D eigenvalue weighted by molar-refractivity contribution is 5.92. The number of hydrogen-bond donors (Lipinski definition) is 1. The summed E-state index contributed by atoms with van der Waals surface area (Å²) < 4.78 is 0. The van der Waals surface area contributed by atoms with Gasteiger partial charge in [0.05, 0.1) is 0 Å². The molecule has 1 aliphatic rings. The van der Waals surface area contributed by atoms with Crippen LogP contribution in [-0.2, 0) is 5.41 Å². The molecular weight excluding hydrogens is 336 g/mol. The fraction of sp³-hybridized carbons (Fsp3) is 0.500. The van der Waals surface area contributed by atoms with E-state index in [0.717, 1.165) is 37.3 Å². The minimum Gasteiger partial charge on any atom is -0.337 e. The number of rotatable bonds is 3.